The number of benzene rings is 1. The van der Waals surface area contributed by atoms with Crippen molar-refractivity contribution in [3.05, 3.63) is 47.0 Å². The summed E-state index contributed by atoms with van der Waals surface area (Å²) in [7, 11) is 0. The Balaban J connectivity index is 1.59. The van der Waals surface area contributed by atoms with Gasteiger partial charge in [-0.2, -0.15) is 5.10 Å². The van der Waals surface area contributed by atoms with Crippen LogP contribution < -0.4 is 5.32 Å². The first kappa shape index (κ1) is 14.7. The van der Waals surface area contributed by atoms with Gasteiger partial charge in [0.2, 0.25) is 0 Å². The van der Waals surface area contributed by atoms with Gasteiger partial charge < -0.3 is 10.1 Å². The van der Waals surface area contributed by atoms with Crippen LogP contribution in [0.1, 0.15) is 40.9 Å². The van der Waals surface area contributed by atoms with Crippen LogP contribution in [-0.4, -0.2) is 34.2 Å². The maximum atomic E-state index is 12.2. The number of hydrogen-bond donors (Lipinski definition) is 2. The summed E-state index contributed by atoms with van der Waals surface area (Å²) < 4.78 is 5.63. The van der Waals surface area contributed by atoms with E-state index in [0.717, 1.165) is 24.4 Å². The van der Waals surface area contributed by atoms with Gasteiger partial charge in [-0.3, -0.25) is 9.89 Å². The smallest absolute Gasteiger partial charge is 0.251 e. The van der Waals surface area contributed by atoms with Crippen molar-refractivity contribution < 1.29 is 9.53 Å². The predicted molar refractivity (Wildman–Crippen MR) is 81.5 cm³/mol. The lowest BCUT2D eigenvalue weighted by atomic mass is 9.87. The summed E-state index contributed by atoms with van der Waals surface area (Å²) in [6, 6.07) is 7.63. The first-order chi connectivity index (χ1) is 10.6. The van der Waals surface area contributed by atoms with Crippen molar-refractivity contribution in [1.82, 2.24) is 20.5 Å². The molecule has 22 heavy (non-hydrogen) atoms. The molecule has 6 nitrogen and oxygen atoms in total. The van der Waals surface area contributed by atoms with E-state index in [1.807, 2.05) is 31.2 Å². The third kappa shape index (κ3) is 3.01. The minimum Gasteiger partial charge on any atom is -0.370 e. The summed E-state index contributed by atoms with van der Waals surface area (Å²) in [6.45, 7) is 5.19. The Labute approximate surface area is 129 Å². The van der Waals surface area contributed by atoms with Crippen LogP contribution in [0.3, 0.4) is 0 Å². The van der Waals surface area contributed by atoms with Gasteiger partial charge in [-0.15, -0.1) is 0 Å². The van der Waals surface area contributed by atoms with E-state index in [1.54, 1.807) is 0 Å². The predicted octanol–water partition coefficient (Wildman–Crippen LogP) is 1.72. The van der Waals surface area contributed by atoms with E-state index in [2.05, 4.69) is 27.4 Å². The van der Waals surface area contributed by atoms with E-state index in [9.17, 15) is 4.79 Å². The van der Waals surface area contributed by atoms with E-state index >= 15 is 0 Å². The number of hydrogen-bond acceptors (Lipinski definition) is 4. The van der Waals surface area contributed by atoms with E-state index in [4.69, 9.17) is 4.74 Å². The zero-order valence-electron chi connectivity index (χ0n) is 12.8. The lowest BCUT2D eigenvalue weighted by Gasteiger charge is -2.39. The van der Waals surface area contributed by atoms with E-state index in [-0.39, 0.29) is 11.5 Å². The topological polar surface area (TPSA) is 79.9 Å². The first-order valence-corrected chi connectivity index (χ1v) is 7.47. The molecule has 1 aromatic carbocycles. The first-order valence-electron chi connectivity index (χ1n) is 7.47. The van der Waals surface area contributed by atoms with Gasteiger partial charge in [0.05, 0.1) is 12.2 Å². The van der Waals surface area contributed by atoms with Crippen LogP contribution >= 0.6 is 0 Å². The number of ether oxygens (including phenoxy) is 1. The number of amides is 1. The molecule has 2 N–H and O–H groups in total. The van der Waals surface area contributed by atoms with Crippen LogP contribution in [0.4, 0.5) is 0 Å². The molecule has 1 atom stereocenters. The lowest BCUT2D eigenvalue weighted by Crippen LogP contribution is -2.37. The van der Waals surface area contributed by atoms with Crippen LogP contribution in [0.25, 0.3) is 0 Å². The number of aromatic amines is 1. The molecule has 0 aliphatic carbocycles. The summed E-state index contributed by atoms with van der Waals surface area (Å²) in [5.41, 5.74) is 1.46. The van der Waals surface area contributed by atoms with Crippen molar-refractivity contribution >= 4 is 5.91 Å². The standard InChI is InChI=1S/C16H20N4O2/c1-11-18-14(20-19-11)6-8-17-15(21)12-4-3-5-13(10-12)16(2)7-9-22-16/h3-5,10H,6-9H2,1-2H3,(H,17,21)(H,18,19,20). The van der Waals surface area contributed by atoms with Gasteiger partial charge in [-0.05, 0) is 31.5 Å². The quantitative estimate of drug-likeness (QED) is 0.881. The maximum absolute atomic E-state index is 12.2. The van der Waals surface area contributed by atoms with Gasteiger partial charge in [-0.1, -0.05) is 12.1 Å². The van der Waals surface area contributed by atoms with Gasteiger partial charge >= 0.3 is 0 Å². The van der Waals surface area contributed by atoms with Crippen molar-refractivity contribution in [2.24, 2.45) is 0 Å². The Morgan fingerprint density at radius 2 is 2.32 bits per heavy atom. The molecule has 1 aliphatic heterocycles. The molecular weight excluding hydrogens is 280 g/mol. The molecule has 0 radical (unpaired) electrons. The number of carbonyl (C=O) groups excluding carboxylic acids is 1. The van der Waals surface area contributed by atoms with E-state index in [0.29, 0.717) is 24.4 Å². The van der Waals surface area contributed by atoms with Crippen molar-refractivity contribution in [2.45, 2.75) is 32.3 Å². The normalized spacial score (nSPS) is 20.5. The molecule has 1 amide bonds. The Hall–Kier alpha value is -2.21. The number of nitrogens with zero attached hydrogens (tertiary/aromatic N) is 2. The highest BCUT2D eigenvalue weighted by Gasteiger charge is 2.35. The van der Waals surface area contributed by atoms with Crippen LogP contribution in [-0.2, 0) is 16.8 Å². The second kappa shape index (κ2) is 5.88. The van der Waals surface area contributed by atoms with Crippen LogP contribution in [0.2, 0.25) is 0 Å². The minimum absolute atomic E-state index is 0.0861. The molecule has 0 bridgehead atoms. The molecule has 0 spiro atoms. The Morgan fingerprint density at radius 1 is 1.50 bits per heavy atom. The molecule has 1 fully saturated rings. The largest absolute Gasteiger partial charge is 0.370 e. The Bertz CT molecular complexity index is 676. The number of rotatable bonds is 5. The second-order valence-corrected chi connectivity index (χ2v) is 5.75. The molecular formula is C16H20N4O2. The molecule has 116 valence electrons. The average molecular weight is 300 g/mol. The molecule has 1 unspecified atom stereocenters. The molecule has 3 rings (SSSR count). The fraction of sp³-hybridized carbons (Fsp3) is 0.438. The Kier molecular flexibility index (Phi) is 3.94. The maximum Gasteiger partial charge on any atom is 0.251 e. The van der Waals surface area contributed by atoms with Crippen LogP contribution in [0, 0.1) is 6.92 Å². The lowest BCUT2D eigenvalue weighted by molar-refractivity contribution is -0.140. The molecule has 1 saturated heterocycles. The number of carbonyl (C=O) groups is 1. The van der Waals surface area contributed by atoms with E-state index in [1.165, 1.54) is 0 Å². The molecule has 1 aromatic heterocycles. The van der Waals surface area contributed by atoms with Crippen LogP contribution in [0.5, 0.6) is 0 Å². The zero-order chi connectivity index (χ0) is 15.6. The number of aromatic nitrogens is 3. The monoisotopic (exact) mass is 300 g/mol. The fourth-order valence-electron chi connectivity index (χ4n) is 2.52. The van der Waals surface area contributed by atoms with Gasteiger partial charge in [0.25, 0.3) is 5.91 Å². The summed E-state index contributed by atoms with van der Waals surface area (Å²) in [5, 5.41) is 9.73. The number of aryl methyl sites for hydroxylation is 1. The van der Waals surface area contributed by atoms with Crippen molar-refractivity contribution in [2.75, 3.05) is 13.2 Å². The van der Waals surface area contributed by atoms with Crippen molar-refractivity contribution in [3.63, 3.8) is 0 Å². The SMILES string of the molecule is Cc1nc(CCNC(=O)c2cccc(C3(C)CCO3)c2)n[nH]1. The van der Waals surface area contributed by atoms with Crippen molar-refractivity contribution in [3.8, 4) is 0 Å². The molecule has 0 saturated carbocycles. The summed E-state index contributed by atoms with van der Waals surface area (Å²) in [6.07, 6.45) is 1.60. The highest BCUT2D eigenvalue weighted by atomic mass is 16.5. The highest BCUT2D eigenvalue weighted by Crippen LogP contribution is 2.36. The minimum atomic E-state index is -0.243. The highest BCUT2D eigenvalue weighted by molar-refractivity contribution is 5.94. The zero-order valence-corrected chi connectivity index (χ0v) is 12.8. The summed E-state index contributed by atoms with van der Waals surface area (Å²) in [4.78, 5) is 16.4. The van der Waals surface area contributed by atoms with Gasteiger partial charge in [0.15, 0.2) is 5.82 Å². The second-order valence-electron chi connectivity index (χ2n) is 5.75. The van der Waals surface area contributed by atoms with Crippen LogP contribution in [0.15, 0.2) is 24.3 Å². The third-order valence-corrected chi connectivity index (χ3v) is 4.01. The fourth-order valence-corrected chi connectivity index (χ4v) is 2.52. The van der Waals surface area contributed by atoms with Crippen molar-refractivity contribution in [1.29, 1.82) is 0 Å². The van der Waals surface area contributed by atoms with Gasteiger partial charge in [0.1, 0.15) is 5.82 Å². The molecule has 2 heterocycles. The third-order valence-electron chi connectivity index (χ3n) is 4.01. The Morgan fingerprint density at radius 3 is 2.95 bits per heavy atom. The number of H-pyrrole nitrogens is 1. The molecule has 1 aliphatic rings. The van der Waals surface area contributed by atoms with Gasteiger partial charge in [0, 0.05) is 24.9 Å². The average Bonchev–Trinajstić information content (AvgIpc) is 2.90. The molecule has 2 aromatic rings. The van der Waals surface area contributed by atoms with E-state index < -0.39 is 0 Å². The summed E-state index contributed by atoms with van der Waals surface area (Å²) in [5.74, 6) is 1.40. The molecule has 6 heteroatoms. The summed E-state index contributed by atoms with van der Waals surface area (Å²) >= 11 is 0. The van der Waals surface area contributed by atoms with Gasteiger partial charge in [-0.25, -0.2) is 4.98 Å². The number of nitrogens with one attached hydrogen (secondary N) is 2.